The van der Waals surface area contributed by atoms with Crippen LogP contribution in [0.15, 0.2) is 17.5 Å². The SMILES string of the molecule is CC[C@@H]1C[C@@H](C(=O)N[C@@H](C)CC(=O)c2cccs2)CCO1. The zero-order valence-corrected chi connectivity index (χ0v) is 13.4. The number of carbonyl (C=O) groups excluding carboxylic acids is 2. The van der Waals surface area contributed by atoms with Crippen LogP contribution in [0.4, 0.5) is 0 Å². The van der Waals surface area contributed by atoms with Gasteiger partial charge in [-0.25, -0.2) is 0 Å². The maximum absolute atomic E-state index is 12.3. The minimum atomic E-state index is -0.130. The van der Waals surface area contributed by atoms with Gasteiger partial charge in [0.15, 0.2) is 5.78 Å². The molecule has 0 spiro atoms. The number of ether oxygens (including phenoxy) is 1. The fourth-order valence-electron chi connectivity index (χ4n) is 2.63. The van der Waals surface area contributed by atoms with E-state index in [-0.39, 0.29) is 29.8 Å². The van der Waals surface area contributed by atoms with Crippen molar-refractivity contribution < 1.29 is 14.3 Å². The summed E-state index contributed by atoms with van der Waals surface area (Å²) in [5, 5.41) is 4.87. The highest BCUT2D eigenvalue weighted by Crippen LogP contribution is 2.22. The molecule has 1 saturated heterocycles. The Bertz CT molecular complexity index is 472. The van der Waals surface area contributed by atoms with Crippen molar-refractivity contribution >= 4 is 23.0 Å². The third kappa shape index (κ3) is 4.64. The third-order valence-corrected chi connectivity index (χ3v) is 4.78. The van der Waals surface area contributed by atoms with Gasteiger partial charge in [-0.15, -0.1) is 11.3 Å². The zero-order chi connectivity index (χ0) is 15.2. The lowest BCUT2D eigenvalue weighted by Gasteiger charge is -2.29. The van der Waals surface area contributed by atoms with Gasteiger partial charge in [0.1, 0.15) is 0 Å². The summed E-state index contributed by atoms with van der Waals surface area (Å²) in [6.07, 6.45) is 3.04. The molecule has 4 nitrogen and oxygen atoms in total. The van der Waals surface area contributed by atoms with Gasteiger partial charge >= 0.3 is 0 Å². The Kier molecular flexibility index (Phi) is 5.94. The van der Waals surface area contributed by atoms with E-state index in [9.17, 15) is 9.59 Å². The summed E-state index contributed by atoms with van der Waals surface area (Å²) >= 11 is 1.44. The number of carbonyl (C=O) groups is 2. The number of rotatable bonds is 6. The van der Waals surface area contributed by atoms with Crippen molar-refractivity contribution in [1.29, 1.82) is 0 Å². The average Bonchev–Trinajstić information content (AvgIpc) is 3.01. The Morgan fingerprint density at radius 1 is 1.52 bits per heavy atom. The van der Waals surface area contributed by atoms with E-state index in [1.165, 1.54) is 11.3 Å². The number of hydrogen-bond acceptors (Lipinski definition) is 4. The van der Waals surface area contributed by atoms with Gasteiger partial charge in [0.2, 0.25) is 5.91 Å². The van der Waals surface area contributed by atoms with Crippen LogP contribution in [0.2, 0.25) is 0 Å². The van der Waals surface area contributed by atoms with Crippen LogP contribution < -0.4 is 5.32 Å². The first-order chi connectivity index (χ1) is 10.1. The fourth-order valence-corrected chi connectivity index (χ4v) is 3.31. The van der Waals surface area contributed by atoms with E-state index < -0.39 is 0 Å². The molecule has 21 heavy (non-hydrogen) atoms. The highest BCUT2D eigenvalue weighted by Gasteiger charge is 2.28. The van der Waals surface area contributed by atoms with Crippen molar-refractivity contribution in [2.75, 3.05) is 6.61 Å². The molecule has 0 bridgehead atoms. The number of Topliss-reactive ketones (excluding diaryl/α,β-unsaturated/α-hetero) is 1. The molecule has 0 aromatic carbocycles. The molecular formula is C16H23NO3S. The number of thiophene rings is 1. The highest BCUT2D eigenvalue weighted by atomic mass is 32.1. The highest BCUT2D eigenvalue weighted by molar-refractivity contribution is 7.12. The van der Waals surface area contributed by atoms with Crippen LogP contribution in [-0.2, 0) is 9.53 Å². The van der Waals surface area contributed by atoms with Gasteiger partial charge in [-0.1, -0.05) is 13.0 Å². The molecular weight excluding hydrogens is 286 g/mol. The van der Waals surface area contributed by atoms with Gasteiger partial charge in [0, 0.05) is 25.0 Å². The minimum Gasteiger partial charge on any atom is -0.378 e. The van der Waals surface area contributed by atoms with E-state index in [0.29, 0.717) is 13.0 Å². The monoisotopic (exact) mass is 309 g/mol. The standard InChI is InChI=1S/C16H23NO3S/c1-3-13-10-12(6-7-20-13)16(19)17-11(2)9-14(18)15-5-4-8-21-15/h4-5,8,11-13H,3,6-7,9-10H2,1-2H3,(H,17,19)/t11-,12-,13+/m0/s1. The van der Waals surface area contributed by atoms with Gasteiger partial charge in [-0.2, -0.15) is 0 Å². The normalized spacial score (nSPS) is 23.5. The second-order valence-corrected chi connectivity index (χ2v) is 6.58. The van der Waals surface area contributed by atoms with Crippen molar-refractivity contribution in [3.8, 4) is 0 Å². The third-order valence-electron chi connectivity index (χ3n) is 3.87. The molecule has 3 atom stereocenters. The van der Waals surface area contributed by atoms with Crippen molar-refractivity contribution in [2.45, 2.75) is 51.7 Å². The first-order valence-electron chi connectivity index (χ1n) is 7.58. The molecule has 5 heteroatoms. The zero-order valence-electron chi connectivity index (χ0n) is 12.6. The van der Waals surface area contributed by atoms with Crippen LogP contribution in [0, 0.1) is 5.92 Å². The number of hydrogen-bond donors (Lipinski definition) is 1. The van der Waals surface area contributed by atoms with E-state index >= 15 is 0 Å². The van der Waals surface area contributed by atoms with Crippen LogP contribution in [0.25, 0.3) is 0 Å². The van der Waals surface area contributed by atoms with Gasteiger partial charge in [-0.05, 0) is 37.6 Å². The molecule has 116 valence electrons. The molecule has 0 radical (unpaired) electrons. The Morgan fingerprint density at radius 2 is 2.33 bits per heavy atom. The summed E-state index contributed by atoms with van der Waals surface area (Å²) in [6.45, 7) is 4.62. The second-order valence-electron chi connectivity index (χ2n) is 5.64. The molecule has 2 rings (SSSR count). The van der Waals surface area contributed by atoms with Crippen molar-refractivity contribution in [2.24, 2.45) is 5.92 Å². The Labute approximate surface area is 129 Å². The van der Waals surface area contributed by atoms with Crippen molar-refractivity contribution in [1.82, 2.24) is 5.32 Å². The molecule has 1 N–H and O–H groups in total. The molecule has 0 unspecified atom stereocenters. The molecule has 2 heterocycles. The summed E-state index contributed by atoms with van der Waals surface area (Å²) in [5.41, 5.74) is 0. The summed E-state index contributed by atoms with van der Waals surface area (Å²) in [7, 11) is 0. The van der Waals surface area contributed by atoms with Crippen LogP contribution in [0.3, 0.4) is 0 Å². The van der Waals surface area contributed by atoms with E-state index in [4.69, 9.17) is 4.74 Å². The fraction of sp³-hybridized carbons (Fsp3) is 0.625. The van der Waals surface area contributed by atoms with Gasteiger partial charge in [-0.3, -0.25) is 9.59 Å². The van der Waals surface area contributed by atoms with Crippen LogP contribution in [0.1, 0.15) is 49.2 Å². The number of nitrogens with one attached hydrogen (secondary N) is 1. The molecule has 0 saturated carbocycles. The molecule has 1 aliphatic heterocycles. The lowest BCUT2D eigenvalue weighted by atomic mass is 9.93. The maximum atomic E-state index is 12.3. The van der Waals surface area contributed by atoms with E-state index in [2.05, 4.69) is 12.2 Å². The molecule has 0 aliphatic carbocycles. The molecule has 1 fully saturated rings. The van der Waals surface area contributed by atoms with E-state index in [1.54, 1.807) is 0 Å². The minimum absolute atomic E-state index is 0.0167. The molecule has 1 amide bonds. The maximum Gasteiger partial charge on any atom is 0.223 e. The molecule has 1 aliphatic rings. The predicted molar refractivity (Wildman–Crippen MR) is 83.6 cm³/mol. The van der Waals surface area contributed by atoms with Gasteiger partial charge < -0.3 is 10.1 Å². The topological polar surface area (TPSA) is 55.4 Å². The summed E-state index contributed by atoms with van der Waals surface area (Å²) in [5.74, 6) is 0.169. The number of amides is 1. The van der Waals surface area contributed by atoms with Gasteiger partial charge in [0.05, 0.1) is 11.0 Å². The summed E-state index contributed by atoms with van der Waals surface area (Å²) in [4.78, 5) is 25.0. The van der Waals surface area contributed by atoms with Gasteiger partial charge in [0.25, 0.3) is 0 Å². The lowest BCUT2D eigenvalue weighted by Crippen LogP contribution is -2.41. The first kappa shape index (κ1) is 16.2. The van der Waals surface area contributed by atoms with E-state index in [0.717, 1.165) is 24.1 Å². The Hall–Kier alpha value is -1.20. The first-order valence-corrected chi connectivity index (χ1v) is 8.46. The molecule has 1 aromatic heterocycles. The number of ketones is 1. The van der Waals surface area contributed by atoms with Crippen LogP contribution in [0.5, 0.6) is 0 Å². The average molecular weight is 309 g/mol. The van der Waals surface area contributed by atoms with E-state index in [1.807, 2.05) is 24.4 Å². The largest absolute Gasteiger partial charge is 0.378 e. The Balaban J connectivity index is 1.80. The lowest BCUT2D eigenvalue weighted by molar-refractivity contribution is -0.130. The van der Waals surface area contributed by atoms with Crippen LogP contribution in [-0.4, -0.2) is 30.4 Å². The summed E-state index contributed by atoms with van der Waals surface area (Å²) in [6, 6.07) is 3.56. The van der Waals surface area contributed by atoms with Crippen LogP contribution >= 0.6 is 11.3 Å². The summed E-state index contributed by atoms with van der Waals surface area (Å²) < 4.78 is 5.59. The smallest absolute Gasteiger partial charge is 0.223 e. The van der Waals surface area contributed by atoms with Crippen molar-refractivity contribution in [3.05, 3.63) is 22.4 Å². The van der Waals surface area contributed by atoms with Crippen molar-refractivity contribution in [3.63, 3.8) is 0 Å². The molecule has 1 aromatic rings. The second kappa shape index (κ2) is 7.71. The quantitative estimate of drug-likeness (QED) is 0.822. The predicted octanol–water partition coefficient (Wildman–Crippen LogP) is 3.03. The Morgan fingerprint density at radius 3 is 3.00 bits per heavy atom.